The Balaban J connectivity index is 2.03. The van der Waals surface area contributed by atoms with Crippen molar-refractivity contribution in [3.8, 4) is 0 Å². The van der Waals surface area contributed by atoms with E-state index in [0.717, 1.165) is 6.07 Å². The van der Waals surface area contributed by atoms with E-state index in [1.807, 2.05) is 0 Å². The fourth-order valence-electron chi connectivity index (χ4n) is 2.48. The van der Waals surface area contributed by atoms with Crippen molar-refractivity contribution in [1.29, 1.82) is 0 Å². The van der Waals surface area contributed by atoms with Crippen LogP contribution in [-0.2, 0) is 4.74 Å². The Labute approximate surface area is 133 Å². The normalized spacial score (nSPS) is 17.9. The van der Waals surface area contributed by atoms with Crippen molar-refractivity contribution in [3.63, 3.8) is 0 Å². The van der Waals surface area contributed by atoms with Crippen molar-refractivity contribution in [3.05, 3.63) is 34.1 Å². The van der Waals surface area contributed by atoms with Crippen LogP contribution >= 0.6 is 0 Å². The lowest BCUT2D eigenvalue weighted by Gasteiger charge is -2.22. The SMILES string of the molecule is CC(C)(C)OC(=O)N[C@H]1CCN(c2ccc(F)cc2[N+](=O)[O-])C1. The molecule has 1 fully saturated rings. The van der Waals surface area contributed by atoms with Crippen molar-refractivity contribution < 1.29 is 18.8 Å². The van der Waals surface area contributed by atoms with Crippen molar-refractivity contribution in [2.75, 3.05) is 18.0 Å². The molecule has 0 radical (unpaired) electrons. The Morgan fingerprint density at radius 2 is 2.17 bits per heavy atom. The molecule has 2 rings (SSSR count). The zero-order chi connectivity index (χ0) is 17.2. The number of amides is 1. The second kappa shape index (κ2) is 6.39. The molecule has 7 nitrogen and oxygen atoms in total. The maximum Gasteiger partial charge on any atom is 0.407 e. The fraction of sp³-hybridized carbons (Fsp3) is 0.533. The summed E-state index contributed by atoms with van der Waals surface area (Å²) in [5.41, 5.74) is -0.509. The number of carbonyl (C=O) groups excluding carboxylic acids is 1. The van der Waals surface area contributed by atoms with Gasteiger partial charge in [-0.1, -0.05) is 0 Å². The molecule has 1 amide bonds. The molecule has 1 heterocycles. The molecule has 0 aromatic heterocycles. The van der Waals surface area contributed by atoms with E-state index in [4.69, 9.17) is 4.74 Å². The molecule has 0 bridgehead atoms. The standard InChI is InChI=1S/C15H20FN3O4/c1-15(2,3)23-14(20)17-11-6-7-18(9-11)12-5-4-10(16)8-13(12)19(21)22/h4-5,8,11H,6-7,9H2,1-3H3,(H,17,20)/t11-/m0/s1. The van der Waals surface area contributed by atoms with Crippen LogP contribution in [0.2, 0.25) is 0 Å². The van der Waals surface area contributed by atoms with Crippen LogP contribution in [0.5, 0.6) is 0 Å². The summed E-state index contributed by atoms with van der Waals surface area (Å²) in [5, 5.41) is 13.8. The lowest BCUT2D eigenvalue weighted by atomic mass is 10.2. The Morgan fingerprint density at radius 3 is 2.78 bits per heavy atom. The predicted octanol–water partition coefficient (Wildman–Crippen LogP) is 2.84. The molecule has 1 atom stereocenters. The summed E-state index contributed by atoms with van der Waals surface area (Å²) in [6, 6.07) is 3.32. The molecule has 1 aliphatic rings. The van der Waals surface area contributed by atoms with Gasteiger partial charge in [-0.05, 0) is 39.3 Å². The lowest BCUT2D eigenvalue weighted by molar-refractivity contribution is -0.384. The number of halogens is 1. The van der Waals surface area contributed by atoms with Crippen LogP contribution in [0.25, 0.3) is 0 Å². The molecule has 1 aromatic carbocycles. The van der Waals surface area contributed by atoms with E-state index in [-0.39, 0.29) is 11.7 Å². The van der Waals surface area contributed by atoms with Gasteiger partial charge in [-0.25, -0.2) is 9.18 Å². The Kier molecular flexibility index (Phi) is 4.72. The van der Waals surface area contributed by atoms with Crippen LogP contribution in [-0.4, -0.2) is 35.7 Å². The number of nitro benzene ring substituents is 1. The first-order valence-corrected chi connectivity index (χ1v) is 7.34. The zero-order valence-electron chi connectivity index (χ0n) is 13.3. The smallest absolute Gasteiger partial charge is 0.407 e. The molecule has 8 heteroatoms. The van der Waals surface area contributed by atoms with Gasteiger partial charge in [0.2, 0.25) is 0 Å². The third-order valence-corrected chi connectivity index (χ3v) is 3.38. The Hall–Kier alpha value is -2.38. The molecule has 1 aromatic rings. The van der Waals surface area contributed by atoms with E-state index in [1.54, 1.807) is 25.7 Å². The van der Waals surface area contributed by atoms with Crippen molar-refractivity contribution in [1.82, 2.24) is 5.32 Å². The maximum absolute atomic E-state index is 13.2. The molecule has 126 valence electrons. The average Bonchev–Trinajstić information content (AvgIpc) is 2.84. The number of ether oxygens (including phenoxy) is 1. The van der Waals surface area contributed by atoms with E-state index < -0.39 is 22.4 Å². The van der Waals surface area contributed by atoms with Gasteiger partial charge in [0.15, 0.2) is 0 Å². The van der Waals surface area contributed by atoms with Gasteiger partial charge in [0.05, 0.1) is 17.0 Å². The highest BCUT2D eigenvalue weighted by Gasteiger charge is 2.29. The van der Waals surface area contributed by atoms with Crippen LogP contribution in [0.1, 0.15) is 27.2 Å². The first-order chi connectivity index (χ1) is 10.7. The summed E-state index contributed by atoms with van der Waals surface area (Å²) in [4.78, 5) is 24.0. The summed E-state index contributed by atoms with van der Waals surface area (Å²) < 4.78 is 18.4. The summed E-state index contributed by atoms with van der Waals surface area (Å²) in [5.74, 6) is -0.650. The van der Waals surface area contributed by atoms with Gasteiger partial charge in [-0.3, -0.25) is 10.1 Å². The van der Waals surface area contributed by atoms with Crippen LogP contribution in [0, 0.1) is 15.9 Å². The summed E-state index contributed by atoms with van der Waals surface area (Å²) in [6.45, 7) is 6.26. The Bertz CT molecular complexity index is 615. The van der Waals surface area contributed by atoms with E-state index in [9.17, 15) is 19.3 Å². The topological polar surface area (TPSA) is 84.7 Å². The van der Waals surface area contributed by atoms with Crippen molar-refractivity contribution >= 4 is 17.5 Å². The highest BCUT2D eigenvalue weighted by Crippen LogP contribution is 2.31. The highest BCUT2D eigenvalue weighted by molar-refractivity contribution is 5.69. The van der Waals surface area contributed by atoms with E-state index >= 15 is 0 Å². The number of nitrogens with zero attached hydrogens (tertiary/aromatic N) is 2. The van der Waals surface area contributed by atoms with Crippen LogP contribution < -0.4 is 10.2 Å². The summed E-state index contributed by atoms with van der Waals surface area (Å²) in [6.07, 6.45) is 0.117. The first kappa shape index (κ1) is 17.0. The molecule has 1 aliphatic heterocycles. The number of nitrogens with one attached hydrogen (secondary N) is 1. The fourth-order valence-corrected chi connectivity index (χ4v) is 2.48. The number of alkyl carbamates (subject to hydrolysis) is 1. The quantitative estimate of drug-likeness (QED) is 0.682. The summed E-state index contributed by atoms with van der Waals surface area (Å²) >= 11 is 0. The summed E-state index contributed by atoms with van der Waals surface area (Å²) in [7, 11) is 0. The molecule has 1 saturated heterocycles. The van der Waals surface area contributed by atoms with Crippen LogP contribution in [0.15, 0.2) is 18.2 Å². The minimum absolute atomic E-state index is 0.172. The van der Waals surface area contributed by atoms with Gasteiger partial charge in [-0.2, -0.15) is 0 Å². The van der Waals surface area contributed by atoms with Gasteiger partial charge < -0.3 is 15.0 Å². The molecule has 23 heavy (non-hydrogen) atoms. The van der Waals surface area contributed by atoms with E-state index in [0.29, 0.717) is 25.2 Å². The molecule has 0 unspecified atom stereocenters. The van der Waals surface area contributed by atoms with Gasteiger partial charge in [-0.15, -0.1) is 0 Å². The largest absolute Gasteiger partial charge is 0.444 e. The maximum atomic E-state index is 13.2. The Morgan fingerprint density at radius 1 is 1.48 bits per heavy atom. The molecular weight excluding hydrogens is 305 g/mol. The first-order valence-electron chi connectivity index (χ1n) is 7.34. The number of rotatable bonds is 3. The number of hydrogen-bond donors (Lipinski definition) is 1. The van der Waals surface area contributed by atoms with Gasteiger partial charge in [0.1, 0.15) is 17.1 Å². The number of anilines is 1. The molecule has 0 aliphatic carbocycles. The van der Waals surface area contributed by atoms with Crippen molar-refractivity contribution in [2.45, 2.75) is 38.8 Å². The van der Waals surface area contributed by atoms with Gasteiger partial charge in [0.25, 0.3) is 5.69 Å². The third kappa shape index (κ3) is 4.54. The zero-order valence-corrected chi connectivity index (χ0v) is 13.3. The average molecular weight is 325 g/mol. The molecule has 1 N–H and O–H groups in total. The molecule has 0 spiro atoms. The van der Waals surface area contributed by atoms with E-state index in [1.165, 1.54) is 12.1 Å². The molecular formula is C15H20FN3O4. The predicted molar refractivity (Wildman–Crippen MR) is 83.0 cm³/mol. The lowest BCUT2D eigenvalue weighted by Crippen LogP contribution is -2.40. The van der Waals surface area contributed by atoms with Gasteiger partial charge in [0, 0.05) is 13.1 Å². The second-order valence-corrected chi connectivity index (χ2v) is 6.47. The second-order valence-electron chi connectivity index (χ2n) is 6.47. The van der Waals surface area contributed by atoms with Gasteiger partial charge >= 0.3 is 6.09 Å². The third-order valence-electron chi connectivity index (χ3n) is 3.38. The van der Waals surface area contributed by atoms with Crippen LogP contribution in [0.4, 0.5) is 20.6 Å². The number of benzene rings is 1. The number of carbonyl (C=O) groups is 1. The number of hydrogen-bond acceptors (Lipinski definition) is 5. The van der Waals surface area contributed by atoms with E-state index in [2.05, 4.69) is 5.32 Å². The molecule has 0 saturated carbocycles. The van der Waals surface area contributed by atoms with Crippen LogP contribution in [0.3, 0.4) is 0 Å². The number of nitro groups is 1. The monoisotopic (exact) mass is 325 g/mol. The minimum atomic E-state index is -0.650. The van der Waals surface area contributed by atoms with Crippen molar-refractivity contribution in [2.24, 2.45) is 0 Å². The minimum Gasteiger partial charge on any atom is -0.444 e. The highest BCUT2D eigenvalue weighted by atomic mass is 19.1.